The van der Waals surface area contributed by atoms with Crippen molar-refractivity contribution in [2.75, 3.05) is 10.8 Å². The quantitative estimate of drug-likeness (QED) is 0.837. The van der Waals surface area contributed by atoms with Crippen LogP contribution in [0.5, 0.6) is 0 Å². The van der Waals surface area contributed by atoms with Crippen molar-refractivity contribution in [2.24, 2.45) is 0 Å². The topological polar surface area (TPSA) is 74.7 Å². The van der Waals surface area contributed by atoms with Crippen LogP contribution in [0.2, 0.25) is 10.0 Å². The van der Waals surface area contributed by atoms with Gasteiger partial charge in [-0.05, 0) is 30.3 Å². The number of benzene rings is 2. The normalized spacial score (nSPS) is 11.2. The van der Waals surface area contributed by atoms with Gasteiger partial charge in [-0.1, -0.05) is 41.4 Å². The van der Waals surface area contributed by atoms with Crippen LogP contribution in [0.1, 0.15) is 6.42 Å². The van der Waals surface area contributed by atoms with Gasteiger partial charge in [0, 0.05) is 6.54 Å². The molecule has 0 atom stereocenters. The van der Waals surface area contributed by atoms with Crippen LogP contribution in [0, 0.1) is 0 Å². The summed E-state index contributed by atoms with van der Waals surface area (Å²) in [6.07, 6.45) is -0.324. The predicted molar refractivity (Wildman–Crippen MR) is 89.7 cm³/mol. The molecule has 0 aliphatic carbocycles. The molecule has 0 spiro atoms. The average Bonchev–Trinajstić information content (AvgIpc) is 2.50. The van der Waals surface area contributed by atoms with E-state index in [2.05, 4.69) is 0 Å². The molecule has 0 aromatic heterocycles. The summed E-state index contributed by atoms with van der Waals surface area (Å²) in [6, 6.07) is 12.2. The van der Waals surface area contributed by atoms with Crippen molar-refractivity contribution in [3.8, 4) is 0 Å². The summed E-state index contributed by atoms with van der Waals surface area (Å²) in [6.45, 7) is -0.193. The van der Waals surface area contributed by atoms with Crippen molar-refractivity contribution < 1.29 is 18.3 Å². The Morgan fingerprint density at radius 1 is 1.04 bits per heavy atom. The van der Waals surface area contributed by atoms with Crippen molar-refractivity contribution >= 4 is 44.9 Å². The highest BCUT2D eigenvalue weighted by molar-refractivity contribution is 7.92. The van der Waals surface area contributed by atoms with Gasteiger partial charge in [0.1, 0.15) is 0 Å². The van der Waals surface area contributed by atoms with Crippen LogP contribution in [0.3, 0.4) is 0 Å². The second-order valence-electron chi connectivity index (χ2n) is 4.63. The lowest BCUT2D eigenvalue weighted by Gasteiger charge is -2.24. The molecule has 0 aliphatic heterocycles. The largest absolute Gasteiger partial charge is 0.481 e. The van der Waals surface area contributed by atoms with E-state index in [1.807, 2.05) is 0 Å². The molecule has 2 rings (SSSR count). The van der Waals surface area contributed by atoms with Crippen molar-refractivity contribution in [1.29, 1.82) is 0 Å². The third-order valence-corrected chi connectivity index (χ3v) is 5.61. The molecule has 8 heteroatoms. The number of anilines is 1. The zero-order chi connectivity index (χ0) is 17.0. The molecule has 0 fully saturated rings. The minimum absolute atomic E-state index is 0.0545. The molecule has 2 aromatic carbocycles. The second-order valence-corrected chi connectivity index (χ2v) is 7.31. The summed E-state index contributed by atoms with van der Waals surface area (Å²) < 4.78 is 26.7. The molecule has 5 nitrogen and oxygen atoms in total. The smallest absolute Gasteiger partial charge is 0.305 e. The first-order valence-corrected chi connectivity index (χ1v) is 8.76. The molecular weight excluding hydrogens is 361 g/mol. The third kappa shape index (κ3) is 4.16. The van der Waals surface area contributed by atoms with E-state index in [0.29, 0.717) is 5.69 Å². The fourth-order valence-electron chi connectivity index (χ4n) is 1.94. The number of hydrogen-bond acceptors (Lipinski definition) is 3. The van der Waals surface area contributed by atoms with Gasteiger partial charge in [0.15, 0.2) is 0 Å². The number of nitrogens with zero attached hydrogens (tertiary/aromatic N) is 1. The van der Waals surface area contributed by atoms with Gasteiger partial charge in [0.05, 0.1) is 27.0 Å². The first-order chi connectivity index (χ1) is 10.8. The Balaban J connectivity index is 2.47. The monoisotopic (exact) mass is 373 g/mol. The average molecular weight is 374 g/mol. The SMILES string of the molecule is O=C(O)CCN(c1ccccc1)S(=O)(=O)c1ccc(Cl)c(Cl)c1. The van der Waals surface area contributed by atoms with Crippen LogP contribution in [0.4, 0.5) is 5.69 Å². The van der Waals surface area contributed by atoms with Crippen molar-refractivity contribution in [2.45, 2.75) is 11.3 Å². The standard InChI is InChI=1S/C15H13Cl2NO4S/c16-13-7-6-12(10-14(13)17)23(21,22)18(9-8-15(19)20)11-4-2-1-3-5-11/h1-7,10H,8-9H2,(H,19,20). The number of carboxylic acid groups (broad SMARTS) is 1. The maximum atomic E-state index is 12.8. The number of rotatable bonds is 6. The van der Waals surface area contributed by atoms with Crippen molar-refractivity contribution in [3.63, 3.8) is 0 Å². The van der Waals surface area contributed by atoms with E-state index < -0.39 is 16.0 Å². The number of sulfonamides is 1. The molecule has 0 unspecified atom stereocenters. The summed E-state index contributed by atoms with van der Waals surface area (Å²) in [5.41, 5.74) is 0.375. The summed E-state index contributed by atoms with van der Waals surface area (Å²) >= 11 is 11.7. The Labute approximate surface area is 144 Å². The molecule has 0 heterocycles. The van der Waals surface area contributed by atoms with Gasteiger partial charge < -0.3 is 5.11 Å². The Morgan fingerprint density at radius 3 is 2.26 bits per heavy atom. The lowest BCUT2D eigenvalue weighted by molar-refractivity contribution is -0.136. The van der Waals surface area contributed by atoms with E-state index in [-0.39, 0.29) is 27.9 Å². The van der Waals surface area contributed by atoms with Crippen LogP contribution < -0.4 is 4.31 Å². The molecule has 1 N–H and O–H groups in total. The first kappa shape index (κ1) is 17.6. The van der Waals surface area contributed by atoms with Gasteiger partial charge in [-0.15, -0.1) is 0 Å². The van der Waals surface area contributed by atoms with Crippen LogP contribution in [0.15, 0.2) is 53.4 Å². The zero-order valence-corrected chi connectivity index (χ0v) is 14.1. The fourth-order valence-corrected chi connectivity index (χ4v) is 3.80. The lowest BCUT2D eigenvalue weighted by atomic mass is 10.3. The summed E-state index contributed by atoms with van der Waals surface area (Å²) in [5.74, 6) is -1.09. The minimum atomic E-state index is -3.96. The number of carbonyl (C=O) groups is 1. The molecule has 0 radical (unpaired) electrons. The Hall–Kier alpha value is -1.76. The van der Waals surface area contributed by atoms with Gasteiger partial charge >= 0.3 is 5.97 Å². The molecule has 0 saturated heterocycles. The van der Waals surface area contributed by atoms with Gasteiger partial charge in [-0.2, -0.15) is 0 Å². The Kier molecular flexibility index (Phi) is 5.51. The van der Waals surface area contributed by atoms with Gasteiger partial charge in [-0.25, -0.2) is 8.42 Å². The van der Waals surface area contributed by atoms with E-state index in [9.17, 15) is 13.2 Å². The number of para-hydroxylation sites is 1. The maximum Gasteiger partial charge on any atom is 0.305 e. The fraction of sp³-hybridized carbons (Fsp3) is 0.133. The number of hydrogen-bond donors (Lipinski definition) is 1. The maximum absolute atomic E-state index is 12.8. The van der Waals surface area contributed by atoms with Gasteiger partial charge in [0.2, 0.25) is 0 Å². The van der Waals surface area contributed by atoms with Gasteiger partial charge in [0.25, 0.3) is 10.0 Å². The molecule has 0 amide bonds. The van der Waals surface area contributed by atoms with E-state index in [1.54, 1.807) is 30.3 Å². The molecule has 23 heavy (non-hydrogen) atoms. The third-order valence-electron chi connectivity index (χ3n) is 3.05. The Morgan fingerprint density at radius 2 is 1.70 bits per heavy atom. The van der Waals surface area contributed by atoms with E-state index in [4.69, 9.17) is 28.3 Å². The molecular formula is C15H13Cl2NO4S. The van der Waals surface area contributed by atoms with E-state index in [1.165, 1.54) is 18.2 Å². The lowest BCUT2D eigenvalue weighted by Crippen LogP contribution is -2.33. The van der Waals surface area contributed by atoms with Gasteiger partial charge in [-0.3, -0.25) is 9.10 Å². The molecule has 0 saturated carbocycles. The van der Waals surface area contributed by atoms with Crippen molar-refractivity contribution in [3.05, 3.63) is 58.6 Å². The summed E-state index contributed by atoms with van der Waals surface area (Å²) in [5, 5.41) is 9.21. The summed E-state index contributed by atoms with van der Waals surface area (Å²) in [7, 11) is -3.96. The number of aliphatic carboxylic acids is 1. The molecule has 122 valence electrons. The highest BCUT2D eigenvalue weighted by atomic mass is 35.5. The predicted octanol–water partition coefficient (Wildman–Crippen LogP) is 3.66. The molecule has 0 bridgehead atoms. The second kappa shape index (κ2) is 7.21. The molecule has 2 aromatic rings. The summed E-state index contributed by atoms with van der Waals surface area (Å²) in [4.78, 5) is 10.8. The van der Waals surface area contributed by atoms with Crippen LogP contribution >= 0.6 is 23.2 Å². The Bertz CT molecular complexity index is 809. The first-order valence-electron chi connectivity index (χ1n) is 6.57. The van der Waals surface area contributed by atoms with Crippen LogP contribution in [0.25, 0.3) is 0 Å². The minimum Gasteiger partial charge on any atom is -0.481 e. The van der Waals surface area contributed by atoms with E-state index >= 15 is 0 Å². The van der Waals surface area contributed by atoms with Crippen LogP contribution in [-0.4, -0.2) is 26.0 Å². The highest BCUT2D eigenvalue weighted by Crippen LogP contribution is 2.29. The molecule has 0 aliphatic rings. The number of halogens is 2. The zero-order valence-electron chi connectivity index (χ0n) is 11.8. The van der Waals surface area contributed by atoms with Crippen molar-refractivity contribution in [1.82, 2.24) is 0 Å². The number of carboxylic acids is 1. The highest BCUT2D eigenvalue weighted by Gasteiger charge is 2.26. The van der Waals surface area contributed by atoms with E-state index in [0.717, 1.165) is 4.31 Å². The van der Waals surface area contributed by atoms with Crippen LogP contribution in [-0.2, 0) is 14.8 Å².